The molecule has 0 saturated carbocycles. The molecule has 0 spiro atoms. The number of ether oxygens (including phenoxy) is 1. The summed E-state index contributed by atoms with van der Waals surface area (Å²) in [5.74, 6) is 0.544. The molecule has 1 aromatic heterocycles. The summed E-state index contributed by atoms with van der Waals surface area (Å²) in [5.41, 5.74) is 7.08. The summed E-state index contributed by atoms with van der Waals surface area (Å²) in [6.45, 7) is 4.06. The molecule has 0 bridgehead atoms. The van der Waals surface area contributed by atoms with Gasteiger partial charge in [-0.2, -0.15) is 5.10 Å². The Kier molecular flexibility index (Phi) is 6.24. The lowest BCUT2D eigenvalue weighted by Gasteiger charge is -2.04. The van der Waals surface area contributed by atoms with E-state index in [1.807, 2.05) is 32.0 Å². The van der Waals surface area contributed by atoms with Crippen molar-refractivity contribution >= 4 is 18.1 Å². The highest BCUT2D eigenvalue weighted by atomic mass is 16.5. The Balaban J connectivity index is 1.58. The normalized spacial score (nSPS) is 10.9. The molecule has 0 unspecified atom stereocenters. The van der Waals surface area contributed by atoms with Crippen LogP contribution in [0.15, 0.2) is 64.1 Å². The van der Waals surface area contributed by atoms with Gasteiger partial charge in [0.25, 0.3) is 0 Å². The second-order valence-electron chi connectivity index (χ2n) is 6.66. The van der Waals surface area contributed by atoms with Crippen molar-refractivity contribution in [3.63, 3.8) is 0 Å². The van der Waals surface area contributed by atoms with Gasteiger partial charge in [0.1, 0.15) is 11.5 Å². The minimum absolute atomic E-state index is 0.199. The first-order chi connectivity index (χ1) is 14.0. The van der Waals surface area contributed by atoms with Gasteiger partial charge in [-0.15, -0.1) is 0 Å². The quantitative estimate of drug-likeness (QED) is 0.391. The van der Waals surface area contributed by atoms with Crippen LogP contribution in [0.2, 0.25) is 0 Å². The maximum atomic E-state index is 12.0. The smallest absolute Gasteiger partial charge is 0.337 e. The number of furan rings is 1. The molecule has 1 amide bonds. The van der Waals surface area contributed by atoms with Gasteiger partial charge in [0.15, 0.2) is 0 Å². The number of carbonyl (C=O) groups excluding carboxylic acids is 2. The van der Waals surface area contributed by atoms with Gasteiger partial charge in [-0.1, -0.05) is 30.3 Å². The van der Waals surface area contributed by atoms with Crippen molar-refractivity contribution < 1.29 is 18.7 Å². The summed E-state index contributed by atoms with van der Waals surface area (Å²) in [4.78, 5) is 23.5. The summed E-state index contributed by atoms with van der Waals surface area (Å²) in [5, 5.41) is 3.95. The van der Waals surface area contributed by atoms with Gasteiger partial charge in [-0.3, -0.25) is 4.79 Å². The molecule has 1 N–H and O–H groups in total. The number of aryl methyl sites for hydroxylation is 2. The predicted molar refractivity (Wildman–Crippen MR) is 111 cm³/mol. The van der Waals surface area contributed by atoms with Crippen molar-refractivity contribution in [1.29, 1.82) is 0 Å². The highest BCUT2D eigenvalue weighted by molar-refractivity contribution is 5.90. The summed E-state index contributed by atoms with van der Waals surface area (Å²) in [7, 11) is 1.34. The van der Waals surface area contributed by atoms with Gasteiger partial charge < -0.3 is 9.15 Å². The second-order valence-corrected chi connectivity index (χ2v) is 6.66. The Morgan fingerprint density at radius 1 is 1.03 bits per heavy atom. The Labute approximate surface area is 169 Å². The Bertz CT molecular complexity index is 1050. The molecule has 29 heavy (non-hydrogen) atoms. The summed E-state index contributed by atoms with van der Waals surface area (Å²) in [6.07, 6.45) is 1.71. The molecule has 1 heterocycles. The van der Waals surface area contributed by atoms with Crippen LogP contribution < -0.4 is 5.43 Å². The zero-order valence-electron chi connectivity index (χ0n) is 16.6. The number of amides is 1. The van der Waals surface area contributed by atoms with Crippen LogP contribution >= 0.6 is 0 Å². The van der Waals surface area contributed by atoms with Gasteiger partial charge in [0.05, 0.1) is 25.3 Å². The van der Waals surface area contributed by atoms with Crippen LogP contribution in [0.1, 0.15) is 32.8 Å². The fourth-order valence-electron chi connectivity index (χ4n) is 2.77. The average molecular weight is 390 g/mol. The first-order valence-electron chi connectivity index (χ1n) is 9.13. The lowest BCUT2D eigenvalue weighted by molar-refractivity contribution is -0.120. The Hall–Kier alpha value is -3.67. The molecule has 3 rings (SSSR count). The lowest BCUT2D eigenvalue weighted by Crippen LogP contribution is -2.19. The van der Waals surface area contributed by atoms with E-state index in [1.165, 1.54) is 18.9 Å². The fraction of sp³-hybridized carbons (Fsp3) is 0.174. The Morgan fingerprint density at radius 2 is 1.79 bits per heavy atom. The largest absolute Gasteiger partial charge is 0.465 e. The van der Waals surface area contributed by atoms with Crippen molar-refractivity contribution in [3.8, 4) is 11.3 Å². The van der Waals surface area contributed by atoms with E-state index in [2.05, 4.69) is 15.3 Å². The molecule has 0 aliphatic carbocycles. The molecular weight excluding hydrogens is 368 g/mol. The molecule has 0 aliphatic rings. The number of nitrogens with zero attached hydrogens (tertiary/aromatic N) is 1. The molecule has 0 saturated heterocycles. The first-order valence-corrected chi connectivity index (χ1v) is 9.13. The van der Waals surface area contributed by atoms with Gasteiger partial charge >= 0.3 is 5.97 Å². The number of benzene rings is 2. The molecular formula is C23H22N2O4. The number of methoxy groups -OCH3 is 1. The molecule has 6 nitrogen and oxygen atoms in total. The minimum atomic E-state index is -0.389. The third-order valence-corrected chi connectivity index (χ3v) is 4.53. The van der Waals surface area contributed by atoms with Crippen molar-refractivity contribution in [3.05, 3.63) is 82.6 Å². The SMILES string of the molecule is COC(=O)c1ccc(-c2ccc(/C=N\NC(=O)Cc3ccc(C)c(C)c3)o2)cc1. The van der Waals surface area contributed by atoms with Crippen molar-refractivity contribution in [2.75, 3.05) is 7.11 Å². The van der Waals surface area contributed by atoms with Crippen molar-refractivity contribution in [2.24, 2.45) is 5.10 Å². The number of nitrogens with one attached hydrogen (secondary N) is 1. The van der Waals surface area contributed by atoms with E-state index in [1.54, 1.807) is 36.4 Å². The van der Waals surface area contributed by atoms with Gasteiger partial charge in [0, 0.05) is 5.56 Å². The van der Waals surface area contributed by atoms with Crippen LogP contribution in [0.5, 0.6) is 0 Å². The maximum absolute atomic E-state index is 12.0. The number of hydrogen-bond acceptors (Lipinski definition) is 5. The maximum Gasteiger partial charge on any atom is 0.337 e. The second kappa shape index (κ2) is 9.01. The number of hydrogen-bond donors (Lipinski definition) is 1. The van der Waals surface area contributed by atoms with Gasteiger partial charge in [0.2, 0.25) is 5.91 Å². The molecule has 2 aromatic carbocycles. The van der Waals surface area contributed by atoms with Crippen LogP contribution in [0.3, 0.4) is 0 Å². The zero-order valence-corrected chi connectivity index (χ0v) is 16.6. The van der Waals surface area contributed by atoms with Crippen LogP contribution in [-0.2, 0) is 16.0 Å². The average Bonchev–Trinajstić information content (AvgIpc) is 3.19. The van der Waals surface area contributed by atoms with E-state index in [-0.39, 0.29) is 18.3 Å². The molecule has 3 aromatic rings. The van der Waals surface area contributed by atoms with Crippen LogP contribution in [-0.4, -0.2) is 25.2 Å². The van der Waals surface area contributed by atoms with E-state index in [4.69, 9.17) is 4.42 Å². The van der Waals surface area contributed by atoms with E-state index in [9.17, 15) is 9.59 Å². The van der Waals surface area contributed by atoms with Crippen molar-refractivity contribution in [2.45, 2.75) is 20.3 Å². The third-order valence-electron chi connectivity index (χ3n) is 4.53. The molecule has 0 radical (unpaired) electrons. The summed E-state index contributed by atoms with van der Waals surface area (Å²) in [6, 6.07) is 16.4. The molecule has 6 heteroatoms. The highest BCUT2D eigenvalue weighted by Crippen LogP contribution is 2.22. The van der Waals surface area contributed by atoms with E-state index in [0.717, 1.165) is 16.7 Å². The van der Waals surface area contributed by atoms with E-state index < -0.39 is 0 Å². The van der Waals surface area contributed by atoms with Crippen LogP contribution in [0.25, 0.3) is 11.3 Å². The molecule has 0 fully saturated rings. The highest BCUT2D eigenvalue weighted by Gasteiger charge is 2.08. The fourth-order valence-corrected chi connectivity index (χ4v) is 2.77. The molecule has 0 aliphatic heterocycles. The van der Waals surface area contributed by atoms with Crippen LogP contribution in [0, 0.1) is 13.8 Å². The van der Waals surface area contributed by atoms with E-state index in [0.29, 0.717) is 17.1 Å². The number of carbonyl (C=O) groups is 2. The van der Waals surface area contributed by atoms with E-state index >= 15 is 0 Å². The van der Waals surface area contributed by atoms with Crippen molar-refractivity contribution in [1.82, 2.24) is 5.43 Å². The monoisotopic (exact) mass is 390 g/mol. The summed E-state index contributed by atoms with van der Waals surface area (Å²) < 4.78 is 10.4. The first kappa shape index (κ1) is 20.1. The predicted octanol–water partition coefficient (Wildman–Crippen LogP) is 4.04. The molecule has 148 valence electrons. The topological polar surface area (TPSA) is 80.9 Å². The zero-order chi connectivity index (χ0) is 20.8. The van der Waals surface area contributed by atoms with Gasteiger partial charge in [-0.25, -0.2) is 10.2 Å². The Morgan fingerprint density at radius 3 is 2.48 bits per heavy atom. The van der Waals surface area contributed by atoms with Gasteiger partial charge in [-0.05, 0) is 54.8 Å². The lowest BCUT2D eigenvalue weighted by atomic mass is 10.0. The third kappa shape index (κ3) is 5.19. The number of esters is 1. The number of hydrazone groups is 1. The van der Waals surface area contributed by atoms with Crippen LogP contribution in [0.4, 0.5) is 0 Å². The summed E-state index contributed by atoms with van der Waals surface area (Å²) >= 11 is 0. The number of rotatable bonds is 6. The molecule has 0 atom stereocenters. The standard InChI is InChI=1S/C23H22N2O4/c1-15-4-5-17(12-16(15)2)13-22(26)25-24-14-20-10-11-21(29-20)18-6-8-19(9-7-18)23(27)28-3/h4-12,14H,13H2,1-3H3,(H,25,26)/b24-14-. The minimum Gasteiger partial charge on any atom is -0.465 e.